The van der Waals surface area contributed by atoms with Crippen LogP contribution in [-0.2, 0) is 19.5 Å². The summed E-state index contributed by atoms with van der Waals surface area (Å²) < 4.78 is 10.7. The summed E-state index contributed by atoms with van der Waals surface area (Å²) in [5, 5.41) is 0. The summed E-state index contributed by atoms with van der Waals surface area (Å²) in [6, 6.07) is 13.9. The van der Waals surface area contributed by atoms with E-state index >= 15 is 0 Å². The summed E-state index contributed by atoms with van der Waals surface area (Å²) in [6.07, 6.45) is 8.37. The minimum Gasteiger partial charge on any atom is -0.493 e. The Balaban J connectivity index is 1.26. The molecule has 0 saturated heterocycles. The van der Waals surface area contributed by atoms with Gasteiger partial charge in [0.05, 0.1) is 25.6 Å². The van der Waals surface area contributed by atoms with Crippen molar-refractivity contribution in [3.8, 4) is 34.1 Å². The molecule has 5 rings (SSSR count). The van der Waals surface area contributed by atoms with E-state index in [1.807, 2.05) is 42.7 Å². The zero-order chi connectivity index (χ0) is 22.6. The van der Waals surface area contributed by atoms with Crippen LogP contribution in [0.5, 0.6) is 11.5 Å². The highest BCUT2D eigenvalue weighted by molar-refractivity contribution is 5.64. The van der Waals surface area contributed by atoms with Crippen LogP contribution in [0.3, 0.4) is 0 Å². The molecule has 0 aliphatic carbocycles. The highest BCUT2D eigenvalue weighted by atomic mass is 16.5. The van der Waals surface area contributed by atoms with Crippen molar-refractivity contribution in [1.29, 1.82) is 0 Å². The maximum atomic E-state index is 5.41. The van der Waals surface area contributed by atoms with Crippen LogP contribution in [0.15, 0.2) is 67.3 Å². The molecule has 1 aliphatic heterocycles. The first-order chi connectivity index (χ1) is 16.2. The molecule has 1 aliphatic rings. The minimum absolute atomic E-state index is 0.696. The van der Waals surface area contributed by atoms with Crippen LogP contribution in [0.1, 0.15) is 16.8 Å². The monoisotopic (exact) mass is 439 g/mol. The Kier molecular flexibility index (Phi) is 5.95. The zero-order valence-electron chi connectivity index (χ0n) is 18.7. The van der Waals surface area contributed by atoms with Crippen molar-refractivity contribution in [1.82, 2.24) is 24.8 Å². The SMILES string of the molecule is COc1ccc(-c2ccc(CN3CCc4nc(-c5cccnc5)ncc4C3)cn2)cc1OC. The lowest BCUT2D eigenvalue weighted by Crippen LogP contribution is -2.31. The van der Waals surface area contributed by atoms with Gasteiger partial charge in [0.1, 0.15) is 0 Å². The van der Waals surface area contributed by atoms with Gasteiger partial charge in [-0.05, 0) is 42.0 Å². The van der Waals surface area contributed by atoms with E-state index in [9.17, 15) is 0 Å². The minimum atomic E-state index is 0.696. The first kappa shape index (κ1) is 21.0. The Morgan fingerprint density at radius 3 is 2.58 bits per heavy atom. The fourth-order valence-electron chi connectivity index (χ4n) is 4.09. The van der Waals surface area contributed by atoms with Gasteiger partial charge in [-0.15, -0.1) is 0 Å². The fourth-order valence-corrected chi connectivity index (χ4v) is 4.09. The van der Waals surface area contributed by atoms with E-state index in [1.54, 1.807) is 26.6 Å². The Bertz CT molecular complexity index is 1250. The summed E-state index contributed by atoms with van der Waals surface area (Å²) in [4.78, 5) is 20.6. The predicted octanol–water partition coefficient (Wildman–Crippen LogP) is 4.18. The first-order valence-electron chi connectivity index (χ1n) is 10.9. The van der Waals surface area contributed by atoms with E-state index in [2.05, 4.69) is 32.0 Å². The van der Waals surface area contributed by atoms with Crippen molar-refractivity contribution in [3.63, 3.8) is 0 Å². The number of pyridine rings is 2. The van der Waals surface area contributed by atoms with E-state index in [0.29, 0.717) is 11.5 Å². The second-order valence-electron chi connectivity index (χ2n) is 7.99. The Labute approximate surface area is 193 Å². The number of fused-ring (bicyclic) bond motifs is 1. The number of methoxy groups -OCH3 is 2. The van der Waals surface area contributed by atoms with Gasteiger partial charge in [0.2, 0.25) is 0 Å². The molecule has 0 fully saturated rings. The summed E-state index contributed by atoms with van der Waals surface area (Å²) in [7, 11) is 3.27. The van der Waals surface area contributed by atoms with Gasteiger partial charge in [-0.25, -0.2) is 9.97 Å². The average molecular weight is 440 g/mol. The third-order valence-corrected chi connectivity index (χ3v) is 5.84. The fraction of sp³-hybridized carbons (Fsp3) is 0.231. The maximum absolute atomic E-state index is 5.41. The van der Waals surface area contributed by atoms with Crippen LogP contribution < -0.4 is 9.47 Å². The van der Waals surface area contributed by atoms with Gasteiger partial charge in [0.15, 0.2) is 17.3 Å². The highest BCUT2D eigenvalue weighted by Crippen LogP contribution is 2.31. The molecule has 0 amide bonds. The quantitative estimate of drug-likeness (QED) is 0.446. The molecule has 0 N–H and O–H groups in total. The van der Waals surface area contributed by atoms with Crippen molar-refractivity contribution in [2.45, 2.75) is 19.5 Å². The van der Waals surface area contributed by atoms with Gasteiger partial charge < -0.3 is 9.47 Å². The van der Waals surface area contributed by atoms with Crippen molar-refractivity contribution in [2.75, 3.05) is 20.8 Å². The van der Waals surface area contributed by atoms with E-state index in [0.717, 1.165) is 54.4 Å². The molecule has 1 aromatic carbocycles. The summed E-state index contributed by atoms with van der Waals surface area (Å²) in [5.74, 6) is 2.15. The molecule has 0 unspecified atom stereocenters. The molecule has 0 atom stereocenters. The number of nitrogens with zero attached hydrogens (tertiary/aromatic N) is 5. The zero-order valence-corrected chi connectivity index (χ0v) is 18.7. The topological polar surface area (TPSA) is 73.3 Å². The molecule has 7 nitrogen and oxygen atoms in total. The summed E-state index contributed by atoms with van der Waals surface area (Å²) >= 11 is 0. The molecule has 33 heavy (non-hydrogen) atoms. The normalized spacial score (nSPS) is 13.4. The van der Waals surface area contributed by atoms with E-state index in [1.165, 1.54) is 11.1 Å². The van der Waals surface area contributed by atoms with Gasteiger partial charge in [0, 0.05) is 67.5 Å². The largest absolute Gasteiger partial charge is 0.493 e. The third-order valence-electron chi connectivity index (χ3n) is 5.84. The lowest BCUT2D eigenvalue weighted by atomic mass is 10.1. The predicted molar refractivity (Wildman–Crippen MR) is 126 cm³/mol. The molecule has 0 bridgehead atoms. The van der Waals surface area contributed by atoms with Crippen molar-refractivity contribution in [2.24, 2.45) is 0 Å². The first-order valence-corrected chi connectivity index (χ1v) is 10.9. The molecule has 7 heteroatoms. The molecule has 4 aromatic rings. The van der Waals surface area contributed by atoms with Crippen LogP contribution in [0.2, 0.25) is 0 Å². The molecule has 0 spiro atoms. The maximum Gasteiger partial charge on any atom is 0.161 e. The van der Waals surface area contributed by atoms with E-state index in [-0.39, 0.29) is 0 Å². The average Bonchev–Trinajstić information content (AvgIpc) is 2.89. The number of hydrogen-bond donors (Lipinski definition) is 0. The smallest absolute Gasteiger partial charge is 0.161 e. The summed E-state index contributed by atoms with van der Waals surface area (Å²) in [5.41, 5.74) is 6.33. The second-order valence-corrected chi connectivity index (χ2v) is 7.99. The van der Waals surface area contributed by atoms with Gasteiger partial charge in [-0.2, -0.15) is 0 Å². The summed E-state index contributed by atoms with van der Waals surface area (Å²) in [6.45, 7) is 2.62. The molecular formula is C26H25N5O2. The molecule has 3 aromatic heterocycles. The highest BCUT2D eigenvalue weighted by Gasteiger charge is 2.19. The van der Waals surface area contributed by atoms with Crippen LogP contribution >= 0.6 is 0 Å². The number of benzene rings is 1. The molecule has 0 radical (unpaired) electrons. The van der Waals surface area contributed by atoms with Crippen LogP contribution in [-0.4, -0.2) is 45.6 Å². The number of aromatic nitrogens is 4. The number of rotatable bonds is 6. The van der Waals surface area contributed by atoms with Crippen LogP contribution in [0, 0.1) is 0 Å². The van der Waals surface area contributed by atoms with E-state index in [4.69, 9.17) is 14.5 Å². The van der Waals surface area contributed by atoms with Crippen LogP contribution in [0.25, 0.3) is 22.6 Å². The molecule has 166 valence electrons. The van der Waals surface area contributed by atoms with Gasteiger partial charge in [0.25, 0.3) is 0 Å². The lowest BCUT2D eigenvalue weighted by Gasteiger charge is -2.28. The molecular weight excluding hydrogens is 414 g/mol. The second kappa shape index (κ2) is 9.34. The van der Waals surface area contributed by atoms with Gasteiger partial charge in [-0.3, -0.25) is 14.9 Å². The Morgan fingerprint density at radius 1 is 0.909 bits per heavy atom. The van der Waals surface area contributed by atoms with Crippen LogP contribution in [0.4, 0.5) is 0 Å². The molecule has 4 heterocycles. The standard InChI is InChI=1S/C26H25N5O2/c1-32-24-8-6-19(12-25(24)33-2)22-7-5-18(13-28-22)16-31-11-9-23-21(17-31)15-29-26(30-23)20-4-3-10-27-14-20/h3-8,10,12-15H,9,11,16-17H2,1-2H3. The van der Waals surface area contributed by atoms with Crippen molar-refractivity contribution < 1.29 is 9.47 Å². The van der Waals surface area contributed by atoms with E-state index < -0.39 is 0 Å². The Hall–Kier alpha value is -3.84. The van der Waals surface area contributed by atoms with Gasteiger partial charge >= 0.3 is 0 Å². The number of hydrogen-bond acceptors (Lipinski definition) is 7. The number of ether oxygens (including phenoxy) is 2. The van der Waals surface area contributed by atoms with Crippen molar-refractivity contribution in [3.05, 3.63) is 84.1 Å². The third kappa shape index (κ3) is 4.54. The lowest BCUT2D eigenvalue weighted by molar-refractivity contribution is 0.242. The Morgan fingerprint density at radius 2 is 1.82 bits per heavy atom. The molecule has 0 saturated carbocycles. The van der Waals surface area contributed by atoms with Gasteiger partial charge in [-0.1, -0.05) is 6.07 Å². The van der Waals surface area contributed by atoms with Crippen molar-refractivity contribution >= 4 is 0 Å².